The van der Waals surface area contributed by atoms with Crippen molar-refractivity contribution in [1.29, 1.82) is 0 Å². The molecule has 0 aliphatic carbocycles. The molecule has 0 unspecified atom stereocenters. The van der Waals surface area contributed by atoms with E-state index in [0.29, 0.717) is 29.4 Å². The first kappa shape index (κ1) is 27.2. The van der Waals surface area contributed by atoms with Crippen LogP contribution in [0.3, 0.4) is 0 Å². The average molecular weight is 539 g/mol. The van der Waals surface area contributed by atoms with E-state index in [1.54, 1.807) is 24.4 Å². The molecule has 0 bridgehead atoms. The summed E-state index contributed by atoms with van der Waals surface area (Å²) in [6, 6.07) is 10.3. The number of fused-ring (bicyclic) bond motifs is 1. The Morgan fingerprint density at radius 3 is 2.67 bits per heavy atom. The third-order valence-electron chi connectivity index (χ3n) is 5.80. The van der Waals surface area contributed by atoms with Gasteiger partial charge in [0.05, 0.1) is 12.1 Å². The number of pyridine rings is 1. The molecule has 0 saturated heterocycles. The molecule has 202 valence electrons. The Kier molecular flexibility index (Phi) is 8.50. The molecule has 0 radical (unpaired) electrons. The van der Waals surface area contributed by atoms with Crippen LogP contribution in [0.1, 0.15) is 30.5 Å². The van der Waals surface area contributed by atoms with Crippen molar-refractivity contribution in [2.75, 3.05) is 5.32 Å². The Balaban J connectivity index is 1.46. The number of carbonyl (C=O) groups is 2. The number of aromatic nitrogens is 2. The first-order valence-corrected chi connectivity index (χ1v) is 12.0. The minimum atomic E-state index is -0.777. The Morgan fingerprint density at radius 2 is 1.90 bits per heavy atom. The predicted molar refractivity (Wildman–Crippen MR) is 140 cm³/mol. The quantitative estimate of drug-likeness (QED) is 0.192. The van der Waals surface area contributed by atoms with Crippen LogP contribution in [0.15, 0.2) is 71.7 Å². The summed E-state index contributed by atoms with van der Waals surface area (Å²) >= 11 is 0. The second kappa shape index (κ2) is 12.2. The monoisotopic (exact) mass is 538 g/mol. The number of primary amides is 1. The molecule has 0 spiro atoms. The second-order valence-corrected chi connectivity index (χ2v) is 8.79. The summed E-state index contributed by atoms with van der Waals surface area (Å²) < 4.78 is 48.4. The van der Waals surface area contributed by atoms with Gasteiger partial charge in [-0.3, -0.25) is 14.4 Å². The van der Waals surface area contributed by atoms with Crippen LogP contribution in [0.2, 0.25) is 0 Å². The fourth-order valence-electron chi connectivity index (χ4n) is 3.96. The smallest absolute Gasteiger partial charge is 0.274 e. The summed E-state index contributed by atoms with van der Waals surface area (Å²) in [6.45, 7) is -0.162. The van der Waals surface area contributed by atoms with Crippen LogP contribution >= 0.6 is 0 Å². The fraction of sp³-hybridized carbons (Fsp3) is 0.179. The third kappa shape index (κ3) is 7.16. The summed E-state index contributed by atoms with van der Waals surface area (Å²) in [4.78, 5) is 39.0. The number of aromatic amines is 1. The Bertz CT molecular complexity index is 1610. The van der Waals surface area contributed by atoms with E-state index in [1.165, 1.54) is 28.8 Å². The highest BCUT2D eigenvalue weighted by molar-refractivity contribution is 5.90. The minimum Gasteiger partial charge on any atom is -0.486 e. The summed E-state index contributed by atoms with van der Waals surface area (Å²) in [5.74, 6) is -2.85. The number of amides is 2. The van der Waals surface area contributed by atoms with Crippen LogP contribution in [0, 0.1) is 17.5 Å². The lowest BCUT2D eigenvalue weighted by atomic mass is 10.2. The highest BCUT2D eigenvalue weighted by atomic mass is 19.1. The van der Waals surface area contributed by atoms with Gasteiger partial charge in [-0.15, -0.1) is 0 Å². The van der Waals surface area contributed by atoms with Crippen LogP contribution < -0.4 is 21.3 Å². The van der Waals surface area contributed by atoms with Gasteiger partial charge < -0.3 is 25.3 Å². The van der Waals surface area contributed by atoms with Gasteiger partial charge in [0.15, 0.2) is 0 Å². The van der Waals surface area contributed by atoms with E-state index in [2.05, 4.69) is 10.3 Å². The maximum atomic E-state index is 14.3. The summed E-state index contributed by atoms with van der Waals surface area (Å²) in [5.41, 5.74) is 5.78. The summed E-state index contributed by atoms with van der Waals surface area (Å²) in [5, 5.41) is 3.07. The maximum Gasteiger partial charge on any atom is 0.274 e. The van der Waals surface area contributed by atoms with E-state index in [-0.39, 0.29) is 42.5 Å². The normalized spacial score (nSPS) is 11.3. The van der Waals surface area contributed by atoms with Crippen LogP contribution in [0.25, 0.3) is 10.9 Å². The van der Waals surface area contributed by atoms with Crippen molar-refractivity contribution in [3.8, 4) is 5.75 Å². The van der Waals surface area contributed by atoms with Gasteiger partial charge in [0, 0.05) is 41.4 Å². The number of halogens is 3. The van der Waals surface area contributed by atoms with E-state index in [4.69, 9.17) is 10.5 Å². The number of anilines is 1. The molecule has 4 N–H and O–H groups in total. The number of nitrogens with zero attached hydrogens (tertiary/aromatic N) is 1. The number of hydrogen-bond donors (Lipinski definition) is 3. The lowest BCUT2D eigenvalue weighted by Gasteiger charge is -2.09. The first-order valence-electron chi connectivity index (χ1n) is 12.0. The molecule has 2 aromatic heterocycles. The topological polar surface area (TPSA) is 119 Å². The molecule has 2 heterocycles. The highest BCUT2D eigenvalue weighted by Crippen LogP contribution is 2.29. The van der Waals surface area contributed by atoms with Gasteiger partial charge in [0.25, 0.3) is 5.56 Å². The van der Waals surface area contributed by atoms with E-state index >= 15 is 0 Å². The third-order valence-corrected chi connectivity index (χ3v) is 5.80. The zero-order valence-electron chi connectivity index (χ0n) is 20.7. The molecular formula is C28H25F3N4O4. The van der Waals surface area contributed by atoms with Crippen molar-refractivity contribution in [2.24, 2.45) is 5.73 Å². The Labute approximate surface area is 220 Å². The van der Waals surface area contributed by atoms with Crippen LogP contribution in [-0.2, 0) is 22.7 Å². The number of allylic oxidation sites excluding steroid dienone is 1. The number of nitrogens with two attached hydrogens (primary N) is 1. The first-order chi connectivity index (χ1) is 18.7. The minimum absolute atomic E-state index is 0.0861. The van der Waals surface area contributed by atoms with Crippen molar-refractivity contribution in [3.63, 3.8) is 0 Å². The van der Waals surface area contributed by atoms with Gasteiger partial charge in [-0.05, 0) is 55.3 Å². The van der Waals surface area contributed by atoms with E-state index < -0.39 is 28.9 Å². The molecule has 11 heteroatoms. The predicted octanol–water partition coefficient (Wildman–Crippen LogP) is 4.52. The number of nitrogens with one attached hydrogen (secondary N) is 2. The van der Waals surface area contributed by atoms with Gasteiger partial charge in [0.2, 0.25) is 11.8 Å². The molecule has 0 fully saturated rings. The number of rotatable bonds is 11. The Hall–Kier alpha value is -4.80. The molecule has 8 nitrogen and oxygen atoms in total. The van der Waals surface area contributed by atoms with Crippen LogP contribution in [0.4, 0.5) is 18.9 Å². The van der Waals surface area contributed by atoms with Gasteiger partial charge in [-0.1, -0.05) is 6.08 Å². The van der Waals surface area contributed by atoms with Crippen molar-refractivity contribution in [3.05, 3.63) is 106 Å². The second-order valence-electron chi connectivity index (χ2n) is 8.79. The molecule has 2 amide bonds. The zero-order valence-corrected chi connectivity index (χ0v) is 20.7. The molecule has 39 heavy (non-hydrogen) atoms. The van der Waals surface area contributed by atoms with Crippen LogP contribution in [-0.4, -0.2) is 21.4 Å². The van der Waals surface area contributed by atoms with Gasteiger partial charge in [0.1, 0.15) is 35.5 Å². The molecule has 2 aromatic carbocycles. The van der Waals surface area contributed by atoms with Crippen LogP contribution in [0.5, 0.6) is 5.75 Å². The van der Waals surface area contributed by atoms with Crippen molar-refractivity contribution in [1.82, 2.24) is 9.55 Å². The molecular weight excluding hydrogens is 513 g/mol. The number of ether oxygens (including phenoxy) is 1. The van der Waals surface area contributed by atoms with E-state index in [9.17, 15) is 27.6 Å². The van der Waals surface area contributed by atoms with E-state index in [0.717, 1.165) is 18.2 Å². The van der Waals surface area contributed by atoms with Gasteiger partial charge >= 0.3 is 0 Å². The molecule has 0 aliphatic rings. The number of carbonyl (C=O) groups excluding carboxylic acids is 2. The molecule has 4 aromatic rings. The summed E-state index contributed by atoms with van der Waals surface area (Å²) in [6.07, 6.45) is 5.46. The molecule has 0 aliphatic heterocycles. The van der Waals surface area contributed by atoms with Gasteiger partial charge in [-0.25, -0.2) is 13.2 Å². The average Bonchev–Trinajstić information content (AvgIpc) is 3.27. The number of benzene rings is 2. The lowest BCUT2D eigenvalue weighted by molar-refractivity contribution is -0.116. The van der Waals surface area contributed by atoms with Crippen molar-refractivity contribution >= 4 is 28.4 Å². The van der Waals surface area contributed by atoms with Crippen molar-refractivity contribution in [2.45, 2.75) is 32.4 Å². The maximum absolute atomic E-state index is 14.3. The van der Waals surface area contributed by atoms with Crippen molar-refractivity contribution < 1.29 is 27.5 Å². The fourth-order valence-corrected chi connectivity index (χ4v) is 3.96. The summed E-state index contributed by atoms with van der Waals surface area (Å²) in [7, 11) is 0. The SMILES string of the molecule is NC(=O)/C=C/CCCC(=O)Nc1cccn(Cc2cc3cc(F)cc(OCc4ccc(F)cc4F)c3[nH]2)c1=O. The lowest BCUT2D eigenvalue weighted by Crippen LogP contribution is -2.25. The number of unbranched alkanes of at least 4 members (excludes halogenated alkanes) is 1. The zero-order chi connectivity index (χ0) is 27.9. The molecule has 0 atom stereocenters. The Morgan fingerprint density at radius 1 is 1.08 bits per heavy atom. The highest BCUT2D eigenvalue weighted by Gasteiger charge is 2.13. The standard InChI is InChI=1S/C28H25F3N4O4/c29-19-9-8-17(22(31)13-19)16-39-24-14-20(30)11-18-12-21(33-27(18)24)15-35-10-4-5-23(28(35)38)34-26(37)7-3-1-2-6-25(32)36/h2,4-6,8-14,33H,1,3,7,15-16H2,(H2,32,36)(H,34,37)/b6-2+. The largest absolute Gasteiger partial charge is 0.486 e. The number of hydrogen-bond acceptors (Lipinski definition) is 4. The molecule has 0 saturated carbocycles. The molecule has 4 rings (SSSR count). The number of H-pyrrole nitrogens is 1. The van der Waals surface area contributed by atoms with E-state index in [1.807, 2.05) is 0 Å². The van der Waals surface area contributed by atoms with Gasteiger partial charge in [-0.2, -0.15) is 0 Å².